The van der Waals surface area contributed by atoms with Crippen molar-refractivity contribution in [3.63, 3.8) is 0 Å². The molecule has 0 bridgehead atoms. The molecule has 3 rings (SSSR count). The van der Waals surface area contributed by atoms with Crippen LogP contribution in [-0.2, 0) is 6.42 Å². The molecule has 21 heavy (non-hydrogen) atoms. The molecular weight excluding hydrogens is 367 g/mol. The van der Waals surface area contributed by atoms with E-state index in [2.05, 4.69) is 58.4 Å². The van der Waals surface area contributed by atoms with Gasteiger partial charge in [0.1, 0.15) is 0 Å². The maximum absolute atomic E-state index is 6.54. The summed E-state index contributed by atoms with van der Waals surface area (Å²) in [6.45, 7) is 0. The second-order valence-corrected chi connectivity index (χ2v) is 6.82. The maximum Gasteiger partial charge on any atom is 0.0626 e. The zero-order chi connectivity index (χ0) is 14.8. The minimum Gasteiger partial charge on any atom is -0.117 e. The van der Waals surface area contributed by atoms with Crippen molar-refractivity contribution in [2.45, 2.75) is 11.8 Å². The van der Waals surface area contributed by atoms with Crippen molar-refractivity contribution in [1.82, 2.24) is 0 Å². The minimum atomic E-state index is -0.0863. The van der Waals surface area contributed by atoms with Gasteiger partial charge in [0.25, 0.3) is 0 Å². The number of rotatable bonds is 3. The van der Waals surface area contributed by atoms with Gasteiger partial charge >= 0.3 is 0 Å². The van der Waals surface area contributed by atoms with E-state index in [1.165, 1.54) is 16.3 Å². The van der Waals surface area contributed by atoms with Crippen molar-refractivity contribution in [2.75, 3.05) is 0 Å². The third-order valence-electron chi connectivity index (χ3n) is 3.53. The van der Waals surface area contributed by atoms with Crippen LogP contribution < -0.4 is 0 Å². The van der Waals surface area contributed by atoms with Crippen molar-refractivity contribution >= 4 is 49.9 Å². The van der Waals surface area contributed by atoms with Gasteiger partial charge in [-0.05, 0) is 56.4 Å². The second kappa shape index (κ2) is 6.39. The zero-order valence-corrected chi connectivity index (χ0v) is 14.3. The molecule has 0 fully saturated rings. The molecule has 3 aromatic rings. The summed E-state index contributed by atoms with van der Waals surface area (Å²) < 4.78 is 0.891. The molecule has 0 aliphatic carbocycles. The van der Waals surface area contributed by atoms with E-state index in [0.717, 1.165) is 16.5 Å². The topological polar surface area (TPSA) is 0 Å². The highest BCUT2D eigenvalue weighted by Gasteiger charge is 2.11. The van der Waals surface area contributed by atoms with Gasteiger partial charge < -0.3 is 0 Å². The largest absolute Gasteiger partial charge is 0.117 e. The van der Waals surface area contributed by atoms with Crippen molar-refractivity contribution < 1.29 is 0 Å². The highest BCUT2D eigenvalue weighted by Crippen LogP contribution is 2.31. The molecule has 0 spiro atoms. The lowest BCUT2D eigenvalue weighted by atomic mass is 10.0. The Bertz CT molecular complexity index is 783. The normalized spacial score (nSPS) is 12.5. The van der Waals surface area contributed by atoms with Crippen LogP contribution in [0.4, 0.5) is 0 Å². The summed E-state index contributed by atoms with van der Waals surface area (Å²) >= 11 is 16.1. The Morgan fingerprint density at radius 2 is 1.67 bits per heavy atom. The highest BCUT2D eigenvalue weighted by atomic mass is 79.9. The molecule has 3 heteroatoms. The van der Waals surface area contributed by atoms with E-state index >= 15 is 0 Å². The third kappa shape index (κ3) is 3.42. The van der Waals surface area contributed by atoms with E-state index in [9.17, 15) is 0 Å². The predicted molar refractivity (Wildman–Crippen MR) is 95.4 cm³/mol. The Balaban J connectivity index is 1.85. The van der Waals surface area contributed by atoms with Crippen LogP contribution in [0.15, 0.2) is 65.1 Å². The first-order chi connectivity index (χ1) is 10.1. The number of alkyl halides is 1. The van der Waals surface area contributed by atoms with Crippen molar-refractivity contribution in [1.29, 1.82) is 0 Å². The minimum absolute atomic E-state index is 0.0863. The molecule has 0 nitrogen and oxygen atoms in total. The van der Waals surface area contributed by atoms with E-state index in [4.69, 9.17) is 23.2 Å². The van der Waals surface area contributed by atoms with Gasteiger partial charge in [0.05, 0.1) is 10.4 Å². The summed E-state index contributed by atoms with van der Waals surface area (Å²) in [5.74, 6) is 0. The molecule has 0 radical (unpaired) electrons. The van der Waals surface area contributed by atoms with Gasteiger partial charge in [-0.25, -0.2) is 0 Å². The Morgan fingerprint density at radius 1 is 0.905 bits per heavy atom. The van der Waals surface area contributed by atoms with E-state index in [1.807, 2.05) is 18.2 Å². The molecule has 0 heterocycles. The fourth-order valence-corrected chi connectivity index (χ4v) is 3.15. The SMILES string of the molecule is Clc1cc(C(Cl)Cc2ccc3ccccc3c2)ccc1Br. The smallest absolute Gasteiger partial charge is 0.0626 e. The summed E-state index contributed by atoms with van der Waals surface area (Å²) in [5.41, 5.74) is 2.27. The van der Waals surface area contributed by atoms with Crippen LogP contribution in [0.1, 0.15) is 16.5 Å². The molecule has 3 aromatic carbocycles. The van der Waals surface area contributed by atoms with Crippen molar-refractivity contribution in [3.05, 3.63) is 81.3 Å². The molecule has 0 aliphatic heterocycles. The molecule has 106 valence electrons. The Labute approximate surface area is 142 Å². The van der Waals surface area contributed by atoms with Crippen molar-refractivity contribution in [3.8, 4) is 0 Å². The summed E-state index contributed by atoms with van der Waals surface area (Å²) in [6, 6.07) is 20.7. The maximum atomic E-state index is 6.54. The van der Waals surface area contributed by atoms with Crippen LogP contribution in [0.3, 0.4) is 0 Å². The van der Waals surface area contributed by atoms with Gasteiger partial charge in [-0.1, -0.05) is 60.1 Å². The van der Waals surface area contributed by atoms with Gasteiger partial charge in [-0.15, -0.1) is 11.6 Å². The first-order valence-corrected chi connectivity index (χ1v) is 8.31. The van der Waals surface area contributed by atoms with E-state index in [-0.39, 0.29) is 5.38 Å². The van der Waals surface area contributed by atoms with Crippen molar-refractivity contribution in [2.24, 2.45) is 0 Å². The fourth-order valence-electron chi connectivity index (χ4n) is 2.40. The quantitative estimate of drug-likeness (QED) is 0.440. The molecule has 1 unspecified atom stereocenters. The van der Waals surface area contributed by atoms with Crippen LogP contribution in [0, 0.1) is 0 Å². The summed E-state index contributed by atoms with van der Waals surface area (Å²) in [5, 5.41) is 3.10. The molecule has 0 amide bonds. The summed E-state index contributed by atoms with van der Waals surface area (Å²) in [4.78, 5) is 0. The molecule has 0 saturated heterocycles. The van der Waals surface area contributed by atoms with Gasteiger partial charge in [-0.3, -0.25) is 0 Å². The molecule has 1 atom stereocenters. The summed E-state index contributed by atoms with van der Waals surface area (Å²) in [6.07, 6.45) is 0.782. The van der Waals surface area contributed by atoms with E-state index in [1.54, 1.807) is 0 Å². The average Bonchev–Trinajstić information content (AvgIpc) is 2.50. The van der Waals surface area contributed by atoms with Crippen LogP contribution in [0.2, 0.25) is 5.02 Å². The molecule has 0 N–H and O–H groups in total. The van der Waals surface area contributed by atoms with Gasteiger partial charge in [0, 0.05) is 4.47 Å². The lowest BCUT2D eigenvalue weighted by Crippen LogP contribution is -1.96. The molecule has 0 saturated carbocycles. The van der Waals surface area contributed by atoms with Crippen LogP contribution in [0.25, 0.3) is 10.8 Å². The number of hydrogen-bond donors (Lipinski definition) is 0. The summed E-state index contributed by atoms with van der Waals surface area (Å²) in [7, 11) is 0. The highest BCUT2D eigenvalue weighted by molar-refractivity contribution is 9.10. The lowest BCUT2D eigenvalue weighted by molar-refractivity contribution is 0.921. The van der Waals surface area contributed by atoms with Crippen LogP contribution >= 0.6 is 39.1 Å². The number of halogens is 3. The second-order valence-electron chi connectivity index (χ2n) is 5.03. The molecule has 0 aromatic heterocycles. The lowest BCUT2D eigenvalue weighted by Gasteiger charge is -2.12. The monoisotopic (exact) mass is 378 g/mol. The predicted octanol–water partition coefficient (Wildman–Crippen LogP) is 6.78. The first-order valence-electron chi connectivity index (χ1n) is 6.70. The number of benzene rings is 3. The molecule has 0 aliphatic rings. The Hall–Kier alpha value is -1.02. The average molecular weight is 380 g/mol. The standard InChI is InChI=1S/C18H13BrCl2/c19-16-8-7-15(11-18(16)21)17(20)10-12-5-6-13-3-1-2-4-14(13)9-12/h1-9,11,17H,10H2. The van der Waals surface area contributed by atoms with Crippen LogP contribution in [-0.4, -0.2) is 0 Å². The first kappa shape index (κ1) is 14.9. The Kier molecular flexibility index (Phi) is 4.54. The number of fused-ring (bicyclic) bond motifs is 1. The number of hydrogen-bond acceptors (Lipinski definition) is 0. The van der Waals surface area contributed by atoms with Crippen LogP contribution in [0.5, 0.6) is 0 Å². The van der Waals surface area contributed by atoms with Gasteiger partial charge in [0.2, 0.25) is 0 Å². The van der Waals surface area contributed by atoms with Gasteiger partial charge in [0.15, 0.2) is 0 Å². The molecular formula is C18H13BrCl2. The van der Waals surface area contributed by atoms with E-state index < -0.39 is 0 Å². The van der Waals surface area contributed by atoms with E-state index in [0.29, 0.717) is 5.02 Å². The fraction of sp³-hybridized carbons (Fsp3) is 0.111. The third-order valence-corrected chi connectivity index (χ3v) is 5.17. The van der Waals surface area contributed by atoms with Gasteiger partial charge in [-0.2, -0.15) is 0 Å². The Morgan fingerprint density at radius 3 is 2.43 bits per heavy atom. The zero-order valence-electron chi connectivity index (χ0n) is 11.2.